The summed E-state index contributed by atoms with van der Waals surface area (Å²) in [7, 11) is 0. The van der Waals surface area contributed by atoms with Crippen LogP contribution in [0.15, 0.2) is 192 Å². The number of hydrogen-bond acceptors (Lipinski definition) is 2. The van der Waals surface area contributed by atoms with Crippen LogP contribution in [0.4, 0.5) is 17.1 Å². The maximum atomic E-state index is 6.14. The molecule has 1 aromatic heterocycles. The summed E-state index contributed by atoms with van der Waals surface area (Å²) in [6.45, 7) is 0. The molecule has 0 bridgehead atoms. The highest BCUT2D eigenvalue weighted by molar-refractivity contribution is 6.04. The topological polar surface area (TPSA) is 16.4 Å². The smallest absolute Gasteiger partial charge is 0.135 e. The number of rotatable bonds is 6. The van der Waals surface area contributed by atoms with Crippen LogP contribution in [0.3, 0.4) is 0 Å². The van der Waals surface area contributed by atoms with E-state index in [0.29, 0.717) is 0 Å². The van der Waals surface area contributed by atoms with Crippen molar-refractivity contribution in [3.8, 4) is 33.6 Å². The van der Waals surface area contributed by atoms with Gasteiger partial charge in [0.1, 0.15) is 11.3 Å². The van der Waals surface area contributed by atoms with Gasteiger partial charge in [0, 0.05) is 27.4 Å². The summed E-state index contributed by atoms with van der Waals surface area (Å²) in [6, 6.07) is 67.0. The molecule has 226 valence electrons. The van der Waals surface area contributed by atoms with Gasteiger partial charge in [0.2, 0.25) is 0 Å². The summed E-state index contributed by atoms with van der Waals surface area (Å²) in [5.74, 6) is 0.885. The van der Waals surface area contributed by atoms with Crippen molar-refractivity contribution in [1.29, 1.82) is 0 Å². The Morgan fingerprint density at radius 1 is 0.333 bits per heavy atom. The van der Waals surface area contributed by atoms with Gasteiger partial charge in [-0.2, -0.15) is 0 Å². The molecule has 0 atom stereocenters. The van der Waals surface area contributed by atoms with Gasteiger partial charge in [0.05, 0.1) is 11.4 Å². The molecule has 0 saturated heterocycles. The molecule has 0 amide bonds. The maximum Gasteiger partial charge on any atom is 0.135 e. The minimum absolute atomic E-state index is 0.885. The quantitative estimate of drug-likeness (QED) is 0.185. The van der Waals surface area contributed by atoms with Gasteiger partial charge in [0.25, 0.3) is 0 Å². The molecule has 0 N–H and O–H groups in total. The van der Waals surface area contributed by atoms with Gasteiger partial charge in [0.15, 0.2) is 0 Å². The zero-order chi connectivity index (χ0) is 31.9. The van der Waals surface area contributed by atoms with E-state index in [1.165, 1.54) is 38.2 Å². The van der Waals surface area contributed by atoms with Crippen LogP contribution in [0.25, 0.3) is 66.1 Å². The standard InChI is InChI=1S/C46H31NO/c1-4-17-41-35(10-1)13-8-19-43(41)47(44-20-9-14-36-11-2-5-18-42(36)44)40-28-26-33(27-29-40)32-22-24-34(25-23-32)37-15-7-16-38(30-37)46-31-39-12-3-6-21-45(39)48-46/h1-31H. The van der Waals surface area contributed by atoms with Crippen molar-refractivity contribution < 1.29 is 4.42 Å². The van der Waals surface area contributed by atoms with Crippen molar-refractivity contribution in [1.82, 2.24) is 0 Å². The van der Waals surface area contributed by atoms with E-state index in [1.807, 2.05) is 18.2 Å². The third-order valence-electron chi connectivity index (χ3n) is 9.26. The SMILES string of the molecule is c1cc(-c2ccc(-c3ccc(N(c4cccc5ccccc45)c4cccc5ccccc45)cc3)cc2)cc(-c2cc3ccccc3o2)c1. The molecule has 9 aromatic rings. The Balaban J connectivity index is 1.06. The Morgan fingerprint density at radius 2 is 0.812 bits per heavy atom. The largest absolute Gasteiger partial charge is 0.456 e. The van der Waals surface area contributed by atoms with E-state index in [0.717, 1.165) is 44.9 Å². The fraction of sp³-hybridized carbons (Fsp3) is 0. The van der Waals surface area contributed by atoms with Crippen LogP contribution >= 0.6 is 0 Å². The first kappa shape index (κ1) is 27.9. The predicted octanol–water partition coefficient (Wildman–Crippen LogP) is 13.2. The number of hydrogen-bond donors (Lipinski definition) is 0. The second-order valence-electron chi connectivity index (χ2n) is 12.2. The highest BCUT2D eigenvalue weighted by Crippen LogP contribution is 2.42. The highest BCUT2D eigenvalue weighted by Gasteiger charge is 2.17. The Bertz CT molecular complexity index is 2440. The minimum Gasteiger partial charge on any atom is -0.456 e. The Hall–Kier alpha value is -6.38. The summed E-state index contributed by atoms with van der Waals surface area (Å²) < 4.78 is 6.14. The third-order valence-corrected chi connectivity index (χ3v) is 9.26. The molecular weight excluding hydrogens is 583 g/mol. The monoisotopic (exact) mass is 613 g/mol. The van der Waals surface area contributed by atoms with E-state index in [-0.39, 0.29) is 0 Å². The van der Waals surface area contributed by atoms with Crippen molar-refractivity contribution in [2.75, 3.05) is 4.90 Å². The van der Waals surface area contributed by atoms with Gasteiger partial charge in [-0.3, -0.25) is 0 Å². The van der Waals surface area contributed by atoms with E-state index < -0.39 is 0 Å². The second kappa shape index (κ2) is 11.8. The zero-order valence-corrected chi connectivity index (χ0v) is 26.3. The molecule has 0 aliphatic heterocycles. The first-order valence-electron chi connectivity index (χ1n) is 16.3. The van der Waals surface area contributed by atoms with Gasteiger partial charge in [-0.1, -0.05) is 146 Å². The lowest BCUT2D eigenvalue weighted by atomic mass is 9.98. The van der Waals surface area contributed by atoms with Crippen LogP contribution in [0.2, 0.25) is 0 Å². The summed E-state index contributed by atoms with van der Waals surface area (Å²) in [5.41, 5.74) is 10.1. The molecular formula is C46H31NO. The molecule has 2 heteroatoms. The Morgan fingerprint density at radius 3 is 1.44 bits per heavy atom. The number of nitrogens with zero attached hydrogens (tertiary/aromatic N) is 1. The number of anilines is 3. The highest BCUT2D eigenvalue weighted by atomic mass is 16.3. The fourth-order valence-electron chi connectivity index (χ4n) is 6.85. The van der Waals surface area contributed by atoms with Crippen molar-refractivity contribution in [2.24, 2.45) is 0 Å². The molecule has 1 heterocycles. The first-order chi connectivity index (χ1) is 23.8. The molecule has 9 rings (SSSR count). The molecule has 0 saturated carbocycles. The molecule has 8 aromatic carbocycles. The molecule has 0 unspecified atom stereocenters. The van der Waals surface area contributed by atoms with Crippen LogP contribution in [-0.4, -0.2) is 0 Å². The number of para-hydroxylation sites is 1. The van der Waals surface area contributed by atoms with Crippen LogP contribution in [0.5, 0.6) is 0 Å². The van der Waals surface area contributed by atoms with Gasteiger partial charge in [-0.05, 0) is 75.5 Å². The van der Waals surface area contributed by atoms with Gasteiger partial charge in [-0.15, -0.1) is 0 Å². The Kier molecular flexibility index (Phi) is 6.84. The predicted molar refractivity (Wildman–Crippen MR) is 202 cm³/mol. The average Bonchev–Trinajstić information content (AvgIpc) is 3.60. The molecule has 0 fully saturated rings. The van der Waals surface area contributed by atoms with Gasteiger partial charge in [-0.25, -0.2) is 0 Å². The van der Waals surface area contributed by atoms with Crippen molar-refractivity contribution >= 4 is 49.6 Å². The van der Waals surface area contributed by atoms with E-state index in [9.17, 15) is 0 Å². The molecule has 2 nitrogen and oxygen atoms in total. The lowest BCUT2D eigenvalue weighted by molar-refractivity contribution is 0.631. The molecule has 0 spiro atoms. The van der Waals surface area contributed by atoms with Gasteiger partial charge >= 0.3 is 0 Å². The molecule has 0 radical (unpaired) electrons. The Labute approximate surface area is 279 Å². The van der Waals surface area contributed by atoms with E-state index >= 15 is 0 Å². The van der Waals surface area contributed by atoms with Crippen LogP contribution in [-0.2, 0) is 0 Å². The third kappa shape index (κ3) is 5.01. The number of benzene rings is 8. The van der Waals surface area contributed by atoms with E-state index in [1.54, 1.807) is 0 Å². The first-order valence-corrected chi connectivity index (χ1v) is 16.3. The zero-order valence-electron chi connectivity index (χ0n) is 26.3. The van der Waals surface area contributed by atoms with Gasteiger partial charge < -0.3 is 9.32 Å². The summed E-state index contributed by atoms with van der Waals surface area (Å²) in [5, 5.41) is 6.00. The van der Waals surface area contributed by atoms with E-state index in [2.05, 4.69) is 175 Å². The van der Waals surface area contributed by atoms with Crippen LogP contribution < -0.4 is 4.90 Å². The molecule has 0 aliphatic carbocycles. The number of furan rings is 1. The lowest BCUT2D eigenvalue weighted by Crippen LogP contribution is -2.11. The average molecular weight is 614 g/mol. The van der Waals surface area contributed by atoms with Crippen molar-refractivity contribution in [3.05, 3.63) is 188 Å². The lowest BCUT2D eigenvalue weighted by Gasteiger charge is -2.28. The number of fused-ring (bicyclic) bond motifs is 3. The minimum atomic E-state index is 0.885. The summed E-state index contributed by atoms with van der Waals surface area (Å²) in [4.78, 5) is 2.40. The van der Waals surface area contributed by atoms with E-state index in [4.69, 9.17) is 4.42 Å². The normalized spacial score (nSPS) is 11.3. The molecule has 48 heavy (non-hydrogen) atoms. The van der Waals surface area contributed by atoms with Crippen molar-refractivity contribution in [2.45, 2.75) is 0 Å². The maximum absolute atomic E-state index is 6.14. The van der Waals surface area contributed by atoms with Crippen molar-refractivity contribution in [3.63, 3.8) is 0 Å². The molecule has 0 aliphatic rings. The van der Waals surface area contributed by atoms with Crippen LogP contribution in [0, 0.1) is 0 Å². The summed E-state index contributed by atoms with van der Waals surface area (Å²) in [6.07, 6.45) is 0. The summed E-state index contributed by atoms with van der Waals surface area (Å²) >= 11 is 0. The second-order valence-corrected chi connectivity index (χ2v) is 12.2. The van der Waals surface area contributed by atoms with Crippen LogP contribution in [0.1, 0.15) is 0 Å². The fourth-order valence-corrected chi connectivity index (χ4v) is 6.85.